The molecule has 3 aromatic rings. The van der Waals surface area contributed by atoms with Gasteiger partial charge in [-0.05, 0) is 43.2 Å². The fraction of sp³-hybridized carbons (Fsp3) is 0.316. The van der Waals surface area contributed by atoms with E-state index < -0.39 is 0 Å². The Hall–Kier alpha value is -2.53. The Kier molecular flexibility index (Phi) is 3.65. The normalized spacial score (nSPS) is 16.8. The molecule has 0 saturated heterocycles. The van der Waals surface area contributed by atoms with Gasteiger partial charge in [0.1, 0.15) is 18.8 Å². The number of furan rings is 1. The molecule has 1 aliphatic heterocycles. The summed E-state index contributed by atoms with van der Waals surface area (Å²) in [7, 11) is 0. The number of aryl methyl sites for hydroxylation is 1. The number of nitrogens with one attached hydrogen (secondary N) is 1. The molecular weight excluding hydrogens is 306 g/mol. The summed E-state index contributed by atoms with van der Waals surface area (Å²) in [5, 5.41) is 0.994. The van der Waals surface area contributed by atoms with E-state index in [4.69, 9.17) is 13.6 Å². The number of hydrogen-bond acceptors (Lipinski definition) is 4. The number of ether oxygens (including phenoxy) is 1. The van der Waals surface area contributed by atoms with Crippen LogP contribution in [-0.2, 0) is 19.5 Å². The maximum atomic E-state index is 12.3. The Morgan fingerprint density at radius 1 is 1.25 bits per heavy atom. The largest absolute Gasteiger partial charge is 0.463 e. The molecule has 2 aromatic heterocycles. The highest BCUT2D eigenvalue weighted by atomic mass is 16.5. The van der Waals surface area contributed by atoms with Gasteiger partial charge in [0.05, 0.1) is 11.8 Å². The molecule has 1 N–H and O–H groups in total. The first-order valence-electron chi connectivity index (χ1n) is 8.24. The van der Waals surface area contributed by atoms with Gasteiger partial charge >= 0.3 is 5.63 Å². The van der Waals surface area contributed by atoms with Crippen molar-refractivity contribution in [2.24, 2.45) is 0 Å². The molecule has 0 saturated carbocycles. The van der Waals surface area contributed by atoms with Gasteiger partial charge in [0.15, 0.2) is 11.3 Å². The van der Waals surface area contributed by atoms with Crippen LogP contribution in [0.5, 0.6) is 5.75 Å². The Bertz CT molecular complexity index is 940. The van der Waals surface area contributed by atoms with E-state index in [1.807, 2.05) is 38.1 Å². The Balaban J connectivity index is 1.78. The summed E-state index contributed by atoms with van der Waals surface area (Å²) in [4.78, 5) is 13.5. The van der Waals surface area contributed by atoms with Gasteiger partial charge in [0.2, 0.25) is 6.73 Å². The molecular formula is C19H20NO4+. The van der Waals surface area contributed by atoms with Gasteiger partial charge in [-0.3, -0.25) is 4.90 Å². The van der Waals surface area contributed by atoms with Crippen LogP contribution in [0.25, 0.3) is 11.0 Å². The van der Waals surface area contributed by atoms with Crippen molar-refractivity contribution in [2.45, 2.75) is 33.4 Å². The number of rotatable bonds is 3. The van der Waals surface area contributed by atoms with Gasteiger partial charge in [-0.25, -0.2) is 4.79 Å². The maximum absolute atomic E-state index is 12.3. The lowest BCUT2D eigenvalue weighted by Crippen LogP contribution is -3.10. The number of fused-ring (bicyclic) bond motifs is 3. The summed E-state index contributed by atoms with van der Waals surface area (Å²) in [6.45, 7) is 6.00. The highest BCUT2D eigenvalue weighted by Gasteiger charge is 2.26. The molecule has 3 heterocycles. The third-order valence-electron chi connectivity index (χ3n) is 4.73. The fourth-order valence-corrected chi connectivity index (χ4v) is 3.46. The minimum absolute atomic E-state index is 0.242. The molecule has 0 radical (unpaired) electrons. The number of hydrogen-bond donors (Lipinski definition) is 1. The van der Waals surface area contributed by atoms with Crippen molar-refractivity contribution >= 4 is 11.0 Å². The SMILES string of the molecule is CCc1c(C)c2ccc3c(c2oc1=O)C[NH+](Cc1ccco1)CO3. The lowest BCUT2D eigenvalue weighted by atomic mass is 10.0. The zero-order valence-electron chi connectivity index (χ0n) is 13.8. The molecule has 5 heteroatoms. The van der Waals surface area contributed by atoms with Crippen LogP contribution in [0.15, 0.2) is 44.2 Å². The van der Waals surface area contributed by atoms with E-state index in [0.29, 0.717) is 18.7 Å². The molecule has 0 aliphatic carbocycles. The first-order valence-corrected chi connectivity index (χ1v) is 8.24. The lowest BCUT2D eigenvalue weighted by Gasteiger charge is -2.26. The van der Waals surface area contributed by atoms with Crippen molar-refractivity contribution in [2.75, 3.05) is 6.73 Å². The van der Waals surface area contributed by atoms with Crippen LogP contribution in [0, 0.1) is 6.92 Å². The van der Waals surface area contributed by atoms with Crippen molar-refractivity contribution in [3.63, 3.8) is 0 Å². The molecule has 4 rings (SSSR count). The molecule has 1 atom stereocenters. The van der Waals surface area contributed by atoms with Crippen LogP contribution >= 0.6 is 0 Å². The quantitative estimate of drug-likeness (QED) is 0.750. The Labute approximate surface area is 139 Å². The topological polar surface area (TPSA) is 57.0 Å². The first kappa shape index (κ1) is 15.0. The molecule has 0 amide bonds. The van der Waals surface area contributed by atoms with Gasteiger partial charge < -0.3 is 13.6 Å². The van der Waals surface area contributed by atoms with E-state index in [2.05, 4.69) is 0 Å². The predicted molar refractivity (Wildman–Crippen MR) is 89.2 cm³/mol. The molecule has 24 heavy (non-hydrogen) atoms. The zero-order valence-corrected chi connectivity index (χ0v) is 13.8. The molecule has 0 spiro atoms. The maximum Gasteiger partial charge on any atom is 0.339 e. The minimum atomic E-state index is -0.242. The minimum Gasteiger partial charge on any atom is -0.463 e. The predicted octanol–water partition coefficient (Wildman–Crippen LogP) is 2.19. The van der Waals surface area contributed by atoms with Crippen molar-refractivity contribution < 1.29 is 18.5 Å². The van der Waals surface area contributed by atoms with Gasteiger partial charge in [0, 0.05) is 10.9 Å². The summed E-state index contributed by atoms with van der Waals surface area (Å²) >= 11 is 0. The summed E-state index contributed by atoms with van der Waals surface area (Å²) in [6.07, 6.45) is 2.35. The van der Waals surface area contributed by atoms with E-state index in [0.717, 1.165) is 46.7 Å². The van der Waals surface area contributed by atoms with Gasteiger partial charge in [0.25, 0.3) is 0 Å². The molecule has 0 bridgehead atoms. The van der Waals surface area contributed by atoms with Crippen LogP contribution < -0.4 is 15.3 Å². The lowest BCUT2D eigenvalue weighted by molar-refractivity contribution is -0.946. The van der Waals surface area contributed by atoms with Gasteiger partial charge in [-0.1, -0.05) is 6.92 Å². The third kappa shape index (κ3) is 2.41. The average molecular weight is 326 g/mol. The van der Waals surface area contributed by atoms with E-state index in [1.165, 1.54) is 4.90 Å². The van der Waals surface area contributed by atoms with Crippen LogP contribution in [0.1, 0.15) is 29.4 Å². The van der Waals surface area contributed by atoms with Crippen molar-refractivity contribution in [1.82, 2.24) is 0 Å². The van der Waals surface area contributed by atoms with Crippen LogP contribution in [-0.4, -0.2) is 6.73 Å². The first-order chi connectivity index (χ1) is 11.7. The van der Waals surface area contributed by atoms with Crippen LogP contribution in [0.2, 0.25) is 0 Å². The van der Waals surface area contributed by atoms with E-state index in [-0.39, 0.29) is 5.63 Å². The van der Waals surface area contributed by atoms with Gasteiger partial charge in [-0.15, -0.1) is 0 Å². The molecule has 124 valence electrons. The molecule has 1 unspecified atom stereocenters. The van der Waals surface area contributed by atoms with Crippen molar-refractivity contribution in [1.29, 1.82) is 0 Å². The van der Waals surface area contributed by atoms with Crippen molar-refractivity contribution in [3.05, 3.63) is 63.4 Å². The third-order valence-corrected chi connectivity index (χ3v) is 4.73. The monoisotopic (exact) mass is 326 g/mol. The number of quaternary nitrogens is 1. The van der Waals surface area contributed by atoms with Crippen LogP contribution in [0.3, 0.4) is 0 Å². The molecule has 0 fully saturated rings. The second-order valence-corrected chi connectivity index (χ2v) is 6.24. The van der Waals surface area contributed by atoms with E-state index >= 15 is 0 Å². The second-order valence-electron chi connectivity index (χ2n) is 6.24. The summed E-state index contributed by atoms with van der Waals surface area (Å²) < 4.78 is 17.0. The highest BCUT2D eigenvalue weighted by Crippen LogP contribution is 2.30. The number of benzene rings is 1. The standard InChI is InChI=1S/C19H19NO4/c1-3-14-12(2)15-6-7-17-16(18(15)24-19(14)21)10-20(11-23-17)9-13-5-4-8-22-13/h4-8H,3,9-11H2,1-2H3/p+1. The summed E-state index contributed by atoms with van der Waals surface area (Å²) in [6, 6.07) is 7.82. The molecule has 1 aliphatic rings. The Morgan fingerprint density at radius 2 is 2.12 bits per heavy atom. The highest BCUT2D eigenvalue weighted by molar-refractivity contribution is 5.85. The van der Waals surface area contributed by atoms with E-state index in [1.54, 1.807) is 6.26 Å². The smallest absolute Gasteiger partial charge is 0.339 e. The average Bonchev–Trinajstić information content (AvgIpc) is 3.08. The van der Waals surface area contributed by atoms with Crippen molar-refractivity contribution in [3.8, 4) is 5.75 Å². The van der Waals surface area contributed by atoms with E-state index in [9.17, 15) is 4.79 Å². The Morgan fingerprint density at radius 3 is 2.88 bits per heavy atom. The van der Waals surface area contributed by atoms with Crippen LogP contribution in [0.4, 0.5) is 0 Å². The zero-order chi connectivity index (χ0) is 16.7. The van der Waals surface area contributed by atoms with Gasteiger partial charge in [-0.2, -0.15) is 0 Å². The fourth-order valence-electron chi connectivity index (χ4n) is 3.46. The second kappa shape index (κ2) is 5.83. The molecule has 1 aromatic carbocycles. The summed E-state index contributed by atoms with van der Waals surface area (Å²) in [5.74, 6) is 1.72. The summed E-state index contributed by atoms with van der Waals surface area (Å²) in [5.41, 5.74) is 3.13. The molecule has 5 nitrogen and oxygen atoms in total.